The lowest BCUT2D eigenvalue weighted by Gasteiger charge is -2.29. The van der Waals surface area contributed by atoms with Gasteiger partial charge in [0, 0.05) is 38.0 Å². The van der Waals surface area contributed by atoms with Crippen molar-refractivity contribution in [1.29, 1.82) is 0 Å². The predicted octanol–water partition coefficient (Wildman–Crippen LogP) is 5.49. The fourth-order valence-electron chi connectivity index (χ4n) is 3.82. The van der Waals surface area contributed by atoms with Crippen LogP contribution < -0.4 is 5.32 Å². The van der Waals surface area contributed by atoms with Crippen LogP contribution in [0.25, 0.3) is 0 Å². The van der Waals surface area contributed by atoms with E-state index in [9.17, 15) is 14.4 Å². The summed E-state index contributed by atoms with van der Waals surface area (Å²) in [5, 5.41) is 2.61. The Hall–Kier alpha value is -2.21. The Kier molecular flexibility index (Phi) is 21.3. The van der Waals surface area contributed by atoms with Crippen LogP contribution in [0.4, 0.5) is 4.79 Å². The minimum atomic E-state index is -2.52. The second-order valence-electron chi connectivity index (χ2n) is 9.36. The fourth-order valence-corrected chi connectivity index (χ4v) is 6.51. The van der Waals surface area contributed by atoms with E-state index in [1.54, 1.807) is 6.92 Å². The first-order valence-corrected chi connectivity index (χ1v) is 16.1. The molecule has 0 aliphatic heterocycles. The molecule has 0 radical (unpaired) electrons. The average Bonchev–Trinajstić information content (AvgIpc) is 2.91. The molecule has 0 fully saturated rings. The maximum atomic E-state index is 12.2. The third kappa shape index (κ3) is 18.7. The van der Waals surface area contributed by atoms with Gasteiger partial charge >= 0.3 is 26.8 Å². The van der Waals surface area contributed by atoms with Gasteiger partial charge in [0.2, 0.25) is 0 Å². The van der Waals surface area contributed by atoms with E-state index in [0.29, 0.717) is 19.8 Å². The SMILES string of the molecule is C=CC(=O)OCC(C)(COC(=O)C=C)NC(=O)OCCCCCCCCCCC[Si](OCC)(OCC)OCC. The largest absolute Gasteiger partial charge is 0.500 e. The summed E-state index contributed by atoms with van der Waals surface area (Å²) < 4.78 is 33.0. The van der Waals surface area contributed by atoms with E-state index in [0.717, 1.165) is 56.7 Å². The van der Waals surface area contributed by atoms with Crippen molar-refractivity contribution in [1.82, 2.24) is 5.32 Å². The van der Waals surface area contributed by atoms with Gasteiger partial charge in [0.05, 0.1) is 6.61 Å². The molecule has 0 saturated carbocycles. The van der Waals surface area contributed by atoms with Crippen LogP contribution in [0, 0.1) is 0 Å². The quantitative estimate of drug-likeness (QED) is 0.0497. The Morgan fingerprint density at radius 3 is 1.51 bits per heavy atom. The summed E-state index contributed by atoms with van der Waals surface area (Å²) in [4.78, 5) is 35.1. The van der Waals surface area contributed by atoms with Crippen molar-refractivity contribution >= 4 is 26.8 Å². The minimum absolute atomic E-state index is 0.217. The van der Waals surface area contributed by atoms with Gasteiger partial charge in [-0.2, -0.15) is 0 Å². The third-order valence-corrected chi connectivity index (χ3v) is 8.91. The van der Waals surface area contributed by atoms with Crippen molar-refractivity contribution in [3.05, 3.63) is 25.3 Å². The maximum Gasteiger partial charge on any atom is 0.500 e. The lowest BCUT2D eigenvalue weighted by molar-refractivity contribution is -0.144. The Morgan fingerprint density at radius 2 is 1.10 bits per heavy atom. The van der Waals surface area contributed by atoms with E-state index in [1.165, 1.54) is 19.3 Å². The topological polar surface area (TPSA) is 119 Å². The fraction of sp³-hybridized carbons (Fsp3) is 0.750. The molecule has 0 spiro atoms. The standard InChI is InChI=1S/C28H51NO9Si/c1-7-25(30)34-23-28(6,24-35-26(31)8-2)29-27(32)33-21-19-17-15-13-12-14-16-18-20-22-39(36-9-3,37-10-4)38-11-5/h7-8H,1-2,9-24H2,3-6H3,(H,29,32). The summed E-state index contributed by atoms with van der Waals surface area (Å²) in [6.07, 6.45) is 11.0. The molecule has 0 aromatic rings. The first-order chi connectivity index (χ1) is 18.7. The van der Waals surface area contributed by atoms with E-state index in [4.69, 9.17) is 27.5 Å². The molecule has 0 aromatic heterocycles. The Morgan fingerprint density at radius 1 is 0.692 bits per heavy atom. The van der Waals surface area contributed by atoms with Crippen molar-refractivity contribution in [3.8, 4) is 0 Å². The second-order valence-corrected chi connectivity index (χ2v) is 12.1. The molecule has 0 aliphatic rings. The lowest BCUT2D eigenvalue weighted by Crippen LogP contribution is -2.53. The number of rotatable bonds is 25. The number of alkyl carbamates (subject to hydrolysis) is 1. The first-order valence-electron chi connectivity index (χ1n) is 14.1. The molecule has 0 aromatic carbocycles. The van der Waals surface area contributed by atoms with Gasteiger partial charge in [-0.05, 0) is 40.5 Å². The molecule has 0 unspecified atom stereocenters. The number of carbonyl (C=O) groups is 3. The molecular formula is C28H51NO9Si. The Labute approximate surface area is 236 Å². The Balaban J connectivity index is 4.08. The Bertz CT molecular complexity index is 676. The highest BCUT2D eigenvalue weighted by Crippen LogP contribution is 2.21. The van der Waals surface area contributed by atoms with Crippen LogP contribution >= 0.6 is 0 Å². The molecule has 0 aliphatic carbocycles. The van der Waals surface area contributed by atoms with Crippen molar-refractivity contribution in [2.45, 2.75) is 97.1 Å². The van der Waals surface area contributed by atoms with Crippen molar-refractivity contribution in [2.24, 2.45) is 0 Å². The summed E-state index contributed by atoms with van der Waals surface area (Å²) in [5.41, 5.74) is -1.16. The molecular weight excluding hydrogens is 522 g/mol. The zero-order valence-corrected chi connectivity index (χ0v) is 25.6. The van der Waals surface area contributed by atoms with E-state index in [1.807, 2.05) is 20.8 Å². The van der Waals surface area contributed by atoms with E-state index < -0.39 is 32.4 Å². The molecule has 0 rings (SSSR count). The molecule has 1 N–H and O–H groups in total. The molecule has 0 atom stereocenters. The number of carbonyl (C=O) groups excluding carboxylic acids is 3. The van der Waals surface area contributed by atoms with E-state index in [-0.39, 0.29) is 19.8 Å². The number of hydrogen-bond donors (Lipinski definition) is 1. The lowest BCUT2D eigenvalue weighted by atomic mass is 10.1. The molecule has 0 saturated heterocycles. The van der Waals surface area contributed by atoms with E-state index >= 15 is 0 Å². The van der Waals surface area contributed by atoms with Crippen molar-refractivity contribution in [2.75, 3.05) is 39.6 Å². The molecule has 39 heavy (non-hydrogen) atoms. The smallest absolute Gasteiger partial charge is 0.460 e. The van der Waals surface area contributed by atoms with Crippen LogP contribution in [0.2, 0.25) is 6.04 Å². The van der Waals surface area contributed by atoms with Crippen molar-refractivity contribution in [3.63, 3.8) is 0 Å². The van der Waals surface area contributed by atoms with Gasteiger partial charge in [-0.1, -0.05) is 58.1 Å². The monoisotopic (exact) mass is 573 g/mol. The van der Waals surface area contributed by atoms with Crippen LogP contribution in [-0.2, 0) is 37.1 Å². The number of unbranched alkanes of at least 4 members (excludes halogenated alkanes) is 8. The summed E-state index contributed by atoms with van der Waals surface area (Å²) in [5.74, 6) is -1.31. The van der Waals surface area contributed by atoms with Gasteiger partial charge in [0.1, 0.15) is 18.8 Å². The van der Waals surface area contributed by atoms with E-state index in [2.05, 4.69) is 18.5 Å². The third-order valence-electron chi connectivity index (χ3n) is 5.76. The molecule has 0 heterocycles. The van der Waals surface area contributed by atoms with Gasteiger partial charge in [-0.3, -0.25) is 0 Å². The molecule has 0 bridgehead atoms. The van der Waals surface area contributed by atoms with Crippen LogP contribution in [0.5, 0.6) is 0 Å². The number of amides is 1. The summed E-state index contributed by atoms with van der Waals surface area (Å²) >= 11 is 0. The highest BCUT2D eigenvalue weighted by atomic mass is 28.4. The number of ether oxygens (including phenoxy) is 3. The summed E-state index contributed by atoms with van der Waals surface area (Å²) in [7, 11) is -2.52. The van der Waals surface area contributed by atoms with Crippen LogP contribution in [-0.4, -0.2) is 72.0 Å². The zero-order chi connectivity index (χ0) is 29.4. The number of hydrogen-bond acceptors (Lipinski definition) is 9. The van der Waals surface area contributed by atoms with Gasteiger partial charge in [0.25, 0.3) is 0 Å². The number of esters is 2. The number of nitrogens with one attached hydrogen (secondary N) is 1. The van der Waals surface area contributed by atoms with Gasteiger partial charge in [-0.15, -0.1) is 0 Å². The highest BCUT2D eigenvalue weighted by Gasteiger charge is 2.39. The average molecular weight is 574 g/mol. The molecule has 226 valence electrons. The summed E-state index contributed by atoms with van der Waals surface area (Å²) in [6.45, 7) is 15.9. The van der Waals surface area contributed by atoms with Crippen molar-refractivity contribution < 1.29 is 41.9 Å². The minimum Gasteiger partial charge on any atom is -0.460 e. The normalized spacial score (nSPS) is 11.5. The zero-order valence-electron chi connectivity index (χ0n) is 24.6. The maximum absolute atomic E-state index is 12.2. The second kappa shape index (κ2) is 22.6. The molecule has 1 amide bonds. The van der Waals surface area contributed by atoms with Gasteiger partial charge in [-0.25, -0.2) is 14.4 Å². The van der Waals surface area contributed by atoms with Crippen LogP contribution in [0.15, 0.2) is 25.3 Å². The van der Waals surface area contributed by atoms with Gasteiger partial charge in [0.15, 0.2) is 0 Å². The molecule has 10 nitrogen and oxygen atoms in total. The highest BCUT2D eigenvalue weighted by molar-refractivity contribution is 6.60. The van der Waals surface area contributed by atoms with Gasteiger partial charge < -0.3 is 32.8 Å². The molecule has 11 heteroatoms. The first kappa shape index (κ1) is 36.8. The van der Waals surface area contributed by atoms with Crippen LogP contribution in [0.3, 0.4) is 0 Å². The summed E-state index contributed by atoms with van der Waals surface area (Å²) in [6, 6.07) is 0.870. The predicted molar refractivity (Wildman–Crippen MR) is 152 cm³/mol. The van der Waals surface area contributed by atoms with Crippen LogP contribution in [0.1, 0.15) is 85.5 Å².